The molecule has 132 valence electrons. The lowest BCUT2D eigenvalue weighted by Gasteiger charge is -2.38. The number of piperazine rings is 1. The second-order valence-electron chi connectivity index (χ2n) is 6.99. The van der Waals surface area contributed by atoms with Gasteiger partial charge in [0.25, 0.3) is 0 Å². The molecule has 2 atom stereocenters. The van der Waals surface area contributed by atoms with Gasteiger partial charge in [-0.2, -0.15) is 0 Å². The summed E-state index contributed by atoms with van der Waals surface area (Å²) in [6.45, 7) is 8.32. The number of anilines is 1. The number of carbonyl (C=O) groups is 1. The minimum atomic E-state index is 0.273. The Hall–Kier alpha value is -1.75. The van der Waals surface area contributed by atoms with Crippen LogP contribution in [0.1, 0.15) is 26.7 Å². The maximum absolute atomic E-state index is 12.7. The summed E-state index contributed by atoms with van der Waals surface area (Å²) in [6, 6.07) is 9.15. The van der Waals surface area contributed by atoms with Gasteiger partial charge in [0.1, 0.15) is 5.75 Å². The van der Waals surface area contributed by atoms with Crippen molar-refractivity contribution in [1.29, 1.82) is 0 Å². The van der Waals surface area contributed by atoms with Crippen LogP contribution in [0.2, 0.25) is 0 Å². The summed E-state index contributed by atoms with van der Waals surface area (Å²) in [4.78, 5) is 19.3. The zero-order valence-electron chi connectivity index (χ0n) is 15.1. The number of amides is 1. The Kier molecular flexibility index (Phi) is 5.29. The van der Waals surface area contributed by atoms with E-state index in [0.717, 1.165) is 37.6 Å². The van der Waals surface area contributed by atoms with Crippen LogP contribution < -0.4 is 9.64 Å². The highest BCUT2D eigenvalue weighted by Crippen LogP contribution is 2.28. The number of hydrogen-bond donors (Lipinski definition) is 0. The second kappa shape index (κ2) is 7.43. The molecule has 1 amide bonds. The molecular formula is C19H29N3O2. The number of hydrogen-bond acceptors (Lipinski definition) is 4. The quantitative estimate of drug-likeness (QED) is 0.848. The Morgan fingerprint density at radius 3 is 2.33 bits per heavy atom. The molecule has 2 saturated heterocycles. The summed E-state index contributed by atoms with van der Waals surface area (Å²) >= 11 is 0. The number of ether oxygens (including phenoxy) is 1. The van der Waals surface area contributed by atoms with Gasteiger partial charge >= 0.3 is 0 Å². The van der Waals surface area contributed by atoms with Crippen LogP contribution >= 0.6 is 0 Å². The van der Waals surface area contributed by atoms with Gasteiger partial charge in [-0.05, 0) is 38.8 Å². The molecule has 0 aromatic heterocycles. The van der Waals surface area contributed by atoms with Crippen LogP contribution in [-0.2, 0) is 4.79 Å². The number of likely N-dealkylation sites (tertiary alicyclic amines) is 1. The number of rotatable bonds is 4. The van der Waals surface area contributed by atoms with Gasteiger partial charge in [-0.15, -0.1) is 0 Å². The Morgan fingerprint density at radius 1 is 1.08 bits per heavy atom. The van der Waals surface area contributed by atoms with E-state index in [9.17, 15) is 4.79 Å². The topological polar surface area (TPSA) is 36.0 Å². The van der Waals surface area contributed by atoms with Gasteiger partial charge in [-0.3, -0.25) is 9.69 Å². The molecule has 2 heterocycles. The molecule has 1 aromatic rings. The fourth-order valence-electron chi connectivity index (χ4n) is 3.90. The fraction of sp³-hybridized carbons (Fsp3) is 0.632. The summed E-state index contributed by atoms with van der Waals surface area (Å²) in [5, 5.41) is 0. The first-order chi connectivity index (χ1) is 11.6. The van der Waals surface area contributed by atoms with Gasteiger partial charge in [0.15, 0.2) is 0 Å². The molecule has 1 aromatic carbocycles. The van der Waals surface area contributed by atoms with E-state index in [1.807, 2.05) is 23.1 Å². The average Bonchev–Trinajstić information content (AvgIpc) is 2.93. The summed E-state index contributed by atoms with van der Waals surface area (Å²) < 4.78 is 5.46. The molecule has 5 heteroatoms. The average molecular weight is 331 g/mol. The summed E-state index contributed by atoms with van der Waals surface area (Å²) in [6.07, 6.45) is 2.41. The van der Waals surface area contributed by atoms with Crippen LogP contribution in [0.5, 0.6) is 5.75 Å². The van der Waals surface area contributed by atoms with E-state index in [1.165, 1.54) is 12.8 Å². The lowest BCUT2D eigenvalue weighted by Crippen LogP contribution is -2.52. The van der Waals surface area contributed by atoms with E-state index in [4.69, 9.17) is 4.74 Å². The van der Waals surface area contributed by atoms with Crippen LogP contribution in [0.3, 0.4) is 0 Å². The van der Waals surface area contributed by atoms with E-state index in [0.29, 0.717) is 18.6 Å². The predicted octanol–water partition coefficient (Wildman–Crippen LogP) is 2.22. The first kappa shape index (κ1) is 17.1. The highest BCUT2D eigenvalue weighted by atomic mass is 16.5. The van der Waals surface area contributed by atoms with Crippen LogP contribution in [-0.4, -0.2) is 67.6 Å². The molecule has 0 spiro atoms. The molecule has 2 fully saturated rings. The molecule has 5 nitrogen and oxygen atoms in total. The van der Waals surface area contributed by atoms with Crippen LogP contribution in [0, 0.1) is 0 Å². The van der Waals surface area contributed by atoms with Crippen LogP contribution in [0.25, 0.3) is 0 Å². The van der Waals surface area contributed by atoms with Gasteiger partial charge in [0, 0.05) is 38.3 Å². The summed E-state index contributed by atoms with van der Waals surface area (Å²) in [5.74, 6) is 1.17. The summed E-state index contributed by atoms with van der Waals surface area (Å²) in [5.41, 5.74) is 1.12. The first-order valence-electron chi connectivity index (χ1n) is 9.01. The fourth-order valence-corrected chi connectivity index (χ4v) is 3.90. The zero-order chi connectivity index (χ0) is 17.1. The molecule has 0 saturated carbocycles. The molecule has 0 unspecified atom stereocenters. The van der Waals surface area contributed by atoms with E-state index in [1.54, 1.807) is 7.11 Å². The van der Waals surface area contributed by atoms with E-state index < -0.39 is 0 Å². The normalized spacial score (nSPS) is 25.1. The van der Waals surface area contributed by atoms with Crippen LogP contribution in [0.15, 0.2) is 24.3 Å². The van der Waals surface area contributed by atoms with Crippen molar-refractivity contribution in [3.63, 3.8) is 0 Å². The Morgan fingerprint density at radius 2 is 1.71 bits per heavy atom. The van der Waals surface area contributed by atoms with Crippen molar-refractivity contribution in [2.45, 2.75) is 38.8 Å². The maximum Gasteiger partial charge on any atom is 0.236 e. The molecule has 0 bridgehead atoms. The van der Waals surface area contributed by atoms with Gasteiger partial charge < -0.3 is 14.5 Å². The minimum Gasteiger partial charge on any atom is -0.495 e. The van der Waals surface area contributed by atoms with Gasteiger partial charge in [0.05, 0.1) is 19.3 Å². The number of benzene rings is 1. The largest absolute Gasteiger partial charge is 0.495 e. The molecule has 24 heavy (non-hydrogen) atoms. The van der Waals surface area contributed by atoms with E-state index in [-0.39, 0.29) is 5.91 Å². The minimum absolute atomic E-state index is 0.273. The standard InChI is InChI=1S/C19H29N3O2/c1-15-8-9-16(2)22(15)14-19(23)21-12-10-20(11-13-21)17-6-4-5-7-18(17)24-3/h4-7,15-16H,8-14H2,1-3H3/t15-,16-/m1/s1. The number of methoxy groups -OCH3 is 1. The van der Waals surface area contributed by atoms with Crippen molar-refractivity contribution in [3.05, 3.63) is 24.3 Å². The first-order valence-corrected chi connectivity index (χ1v) is 9.01. The number of nitrogens with zero attached hydrogens (tertiary/aromatic N) is 3. The van der Waals surface area contributed by atoms with Crippen molar-refractivity contribution in [2.75, 3.05) is 44.7 Å². The molecule has 2 aliphatic rings. The second-order valence-corrected chi connectivity index (χ2v) is 6.99. The Balaban J connectivity index is 1.56. The highest BCUT2D eigenvalue weighted by Gasteiger charge is 2.31. The SMILES string of the molecule is COc1ccccc1N1CCN(C(=O)CN2[C@H](C)CC[C@H]2C)CC1. The third-order valence-electron chi connectivity index (χ3n) is 5.51. The van der Waals surface area contributed by atoms with Crippen molar-refractivity contribution < 1.29 is 9.53 Å². The molecule has 2 aliphatic heterocycles. The zero-order valence-corrected chi connectivity index (χ0v) is 15.1. The van der Waals surface area contributed by atoms with E-state index >= 15 is 0 Å². The van der Waals surface area contributed by atoms with Gasteiger partial charge in [0.2, 0.25) is 5.91 Å². The van der Waals surface area contributed by atoms with Crippen molar-refractivity contribution in [1.82, 2.24) is 9.80 Å². The predicted molar refractivity (Wildman–Crippen MR) is 96.7 cm³/mol. The molecule has 0 N–H and O–H groups in total. The Labute approximate surface area is 145 Å². The molecule has 0 aliphatic carbocycles. The van der Waals surface area contributed by atoms with Crippen LogP contribution in [0.4, 0.5) is 5.69 Å². The van der Waals surface area contributed by atoms with Gasteiger partial charge in [-0.25, -0.2) is 0 Å². The molecule has 0 radical (unpaired) electrons. The molecular weight excluding hydrogens is 302 g/mol. The summed E-state index contributed by atoms with van der Waals surface area (Å²) in [7, 11) is 1.71. The smallest absolute Gasteiger partial charge is 0.236 e. The Bertz CT molecular complexity index is 559. The third kappa shape index (κ3) is 3.51. The molecule has 3 rings (SSSR count). The highest BCUT2D eigenvalue weighted by molar-refractivity contribution is 5.78. The number of carbonyl (C=O) groups excluding carboxylic acids is 1. The lowest BCUT2D eigenvalue weighted by molar-refractivity contribution is -0.133. The maximum atomic E-state index is 12.7. The van der Waals surface area contributed by atoms with E-state index in [2.05, 4.69) is 29.7 Å². The van der Waals surface area contributed by atoms with Crippen molar-refractivity contribution in [3.8, 4) is 5.75 Å². The van der Waals surface area contributed by atoms with Gasteiger partial charge in [-0.1, -0.05) is 12.1 Å². The monoisotopic (exact) mass is 331 g/mol. The lowest BCUT2D eigenvalue weighted by atomic mass is 10.2. The third-order valence-corrected chi connectivity index (χ3v) is 5.51. The van der Waals surface area contributed by atoms with Crippen molar-refractivity contribution >= 4 is 11.6 Å². The number of para-hydroxylation sites is 2. The van der Waals surface area contributed by atoms with Crippen molar-refractivity contribution in [2.24, 2.45) is 0 Å².